The Morgan fingerprint density at radius 3 is 2.76 bits per heavy atom. The van der Waals surface area contributed by atoms with E-state index in [1.165, 1.54) is 0 Å². The molecule has 0 spiro atoms. The molecule has 0 bridgehead atoms. The molecule has 0 saturated carbocycles. The highest BCUT2D eigenvalue weighted by Gasteiger charge is 2.15. The molecular formula is C15H19N3O3. The molecule has 0 fully saturated rings. The average Bonchev–Trinajstić information content (AvgIpc) is 2.97. The molecule has 1 aromatic heterocycles. The first-order valence-corrected chi connectivity index (χ1v) is 6.78. The summed E-state index contributed by atoms with van der Waals surface area (Å²) >= 11 is 0. The molecule has 1 aromatic carbocycles. The van der Waals surface area contributed by atoms with Crippen LogP contribution in [0.25, 0.3) is 11.3 Å². The molecule has 2 rings (SSSR count). The molecule has 6 nitrogen and oxygen atoms in total. The Kier molecular flexibility index (Phi) is 4.94. The number of aromatic nitrogens is 2. The minimum Gasteiger partial charge on any atom is -0.508 e. The molecule has 0 saturated heterocycles. The van der Waals surface area contributed by atoms with E-state index < -0.39 is 0 Å². The summed E-state index contributed by atoms with van der Waals surface area (Å²) in [5.41, 5.74) is 1.87. The van der Waals surface area contributed by atoms with Gasteiger partial charge < -0.3 is 15.2 Å². The van der Waals surface area contributed by atoms with Crippen LogP contribution in [0, 0.1) is 0 Å². The standard InChI is InChI=1S/C15H19N3O3/c1-3-11(9-21-2)16-15(20)14-8-13(17-18-14)10-4-6-12(19)7-5-10/h4-8,11,19H,3,9H2,1-2H3,(H,16,20)(H,17,18)/t11-/m1/s1. The van der Waals surface area contributed by atoms with Crippen molar-refractivity contribution in [2.24, 2.45) is 0 Å². The lowest BCUT2D eigenvalue weighted by molar-refractivity contribution is 0.0889. The van der Waals surface area contributed by atoms with Crippen LogP contribution in [0.5, 0.6) is 5.75 Å². The molecule has 21 heavy (non-hydrogen) atoms. The van der Waals surface area contributed by atoms with Gasteiger partial charge in [0, 0.05) is 12.7 Å². The summed E-state index contributed by atoms with van der Waals surface area (Å²) in [6.07, 6.45) is 0.790. The maximum atomic E-state index is 12.1. The lowest BCUT2D eigenvalue weighted by Gasteiger charge is -2.14. The quantitative estimate of drug-likeness (QED) is 0.758. The second-order valence-electron chi connectivity index (χ2n) is 4.75. The Bertz CT molecular complexity index is 592. The van der Waals surface area contributed by atoms with Gasteiger partial charge in [-0.25, -0.2) is 0 Å². The predicted octanol–water partition coefficient (Wildman–Crippen LogP) is 1.94. The zero-order chi connectivity index (χ0) is 15.2. The highest BCUT2D eigenvalue weighted by atomic mass is 16.5. The van der Waals surface area contributed by atoms with Crippen molar-refractivity contribution in [3.05, 3.63) is 36.0 Å². The van der Waals surface area contributed by atoms with Crippen LogP contribution in [-0.2, 0) is 4.74 Å². The average molecular weight is 289 g/mol. The van der Waals surface area contributed by atoms with Crippen molar-refractivity contribution in [2.75, 3.05) is 13.7 Å². The van der Waals surface area contributed by atoms with Gasteiger partial charge in [-0.05, 0) is 36.8 Å². The molecule has 0 aliphatic rings. The zero-order valence-corrected chi connectivity index (χ0v) is 12.1. The number of hydrogen-bond acceptors (Lipinski definition) is 4. The number of aromatic hydroxyl groups is 1. The van der Waals surface area contributed by atoms with Gasteiger partial charge in [0.1, 0.15) is 11.4 Å². The highest BCUT2D eigenvalue weighted by Crippen LogP contribution is 2.20. The summed E-state index contributed by atoms with van der Waals surface area (Å²) in [6, 6.07) is 8.30. The molecule has 112 valence electrons. The third-order valence-electron chi connectivity index (χ3n) is 3.18. The van der Waals surface area contributed by atoms with E-state index in [0.29, 0.717) is 18.0 Å². The SMILES string of the molecule is CC[C@H](COC)NC(=O)c1cc(-c2ccc(O)cc2)n[nH]1. The molecular weight excluding hydrogens is 270 g/mol. The van der Waals surface area contributed by atoms with Gasteiger partial charge in [0.25, 0.3) is 5.91 Å². The Morgan fingerprint density at radius 1 is 1.43 bits per heavy atom. The summed E-state index contributed by atoms with van der Waals surface area (Å²) in [5, 5.41) is 19.0. The predicted molar refractivity (Wildman–Crippen MR) is 79.1 cm³/mol. The number of benzene rings is 1. The number of ether oxygens (including phenoxy) is 1. The smallest absolute Gasteiger partial charge is 0.269 e. The number of methoxy groups -OCH3 is 1. The normalized spacial score (nSPS) is 12.1. The number of phenols is 1. The largest absolute Gasteiger partial charge is 0.508 e. The Morgan fingerprint density at radius 2 is 2.14 bits per heavy atom. The third-order valence-corrected chi connectivity index (χ3v) is 3.18. The monoisotopic (exact) mass is 289 g/mol. The van der Waals surface area contributed by atoms with Gasteiger partial charge in [-0.1, -0.05) is 6.92 Å². The van der Waals surface area contributed by atoms with Crippen molar-refractivity contribution in [1.29, 1.82) is 0 Å². The number of aromatic amines is 1. The van der Waals surface area contributed by atoms with Crippen LogP contribution < -0.4 is 5.32 Å². The molecule has 1 amide bonds. The van der Waals surface area contributed by atoms with Gasteiger partial charge in [-0.3, -0.25) is 9.89 Å². The van der Waals surface area contributed by atoms with E-state index in [9.17, 15) is 9.90 Å². The fraction of sp³-hybridized carbons (Fsp3) is 0.333. The number of rotatable bonds is 6. The van der Waals surface area contributed by atoms with Crippen LogP contribution in [0.15, 0.2) is 30.3 Å². The lowest BCUT2D eigenvalue weighted by atomic mass is 10.1. The molecule has 0 aliphatic heterocycles. The van der Waals surface area contributed by atoms with E-state index in [-0.39, 0.29) is 17.7 Å². The summed E-state index contributed by atoms with van der Waals surface area (Å²) < 4.78 is 5.05. The fourth-order valence-corrected chi connectivity index (χ4v) is 1.94. The van der Waals surface area contributed by atoms with Crippen molar-refractivity contribution >= 4 is 5.91 Å². The molecule has 2 aromatic rings. The fourth-order valence-electron chi connectivity index (χ4n) is 1.94. The van der Waals surface area contributed by atoms with E-state index in [1.807, 2.05) is 6.92 Å². The summed E-state index contributed by atoms with van der Waals surface area (Å²) in [4.78, 5) is 12.1. The molecule has 0 aliphatic carbocycles. The maximum absolute atomic E-state index is 12.1. The van der Waals surface area contributed by atoms with Gasteiger partial charge in [0.15, 0.2) is 0 Å². The van der Waals surface area contributed by atoms with Gasteiger partial charge in [-0.2, -0.15) is 5.10 Å². The van der Waals surface area contributed by atoms with Gasteiger partial charge >= 0.3 is 0 Å². The van der Waals surface area contributed by atoms with E-state index in [2.05, 4.69) is 15.5 Å². The summed E-state index contributed by atoms with van der Waals surface area (Å²) in [7, 11) is 1.61. The van der Waals surface area contributed by atoms with Crippen molar-refractivity contribution in [1.82, 2.24) is 15.5 Å². The van der Waals surface area contributed by atoms with Crippen LogP contribution >= 0.6 is 0 Å². The van der Waals surface area contributed by atoms with Gasteiger partial charge in [0.2, 0.25) is 0 Å². The van der Waals surface area contributed by atoms with Crippen molar-refractivity contribution in [3.8, 4) is 17.0 Å². The first-order chi connectivity index (χ1) is 10.1. The number of carbonyl (C=O) groups is 1. The summed E-state index contributed by atoms with van der Waals surface area (Å²) in [5.74, 6) is -0.0194. The number of nitrogens with one attached hydrogen (secondary N) is 2. The Hall–Kier alpha value is -2.34. The van der Waals surface area contributed by atoms with E-state index in [1.54, 1.807) is 37.4 Å². The van der Waals surface area contributed by atoms with Crippen molar-refractivity contribution in [3.63, 3.8) is 0 Å². The number of H-pyrrole nitrogens is 1. The second-order valence-corrected chi connectivity index (χ2v) is 4.75. The molecule has 3 N–H and O–H groups in total. The van der Waals surface area contributed by atoms with E-state index in [4.69, 9.17) is 4.74 Å². The first kappa shape index (κ1) is 15.1. The van der Waals surface area contributed by atoms with Gasteiger partial charge in [-0.15, -0.1) is 0 Å². The number of phenolic OH excluding ortho intramolecular Hbond substituents is 1. The Balaban J connectivity index is 2.08. The van der Waals surface area contributed by atoms with Crippen LogP contribution in [0.1, 0.15) is 23.8 Å². The summed E-state index contributed by atoms with van der Waals surface area (Å²) in [6.45, 7) is 2.46. The molecule has 0 radical (unpaired) electrons. The van der Waals surface area contributed by atoms with E-state index in [0.717, 1.165) is 12.0 Å². The minimum atomic E-state index is -0.212. The molecule has 0 unspecified atom stereocenters. The third kappa shape index (κ3) is 3.82. The lowest BCUT2D eigenvalue weighted by Crippen LogP contribution is -2.37. The second kappa shape index (κ2) is 6.90. The number of amides is 1. The van der Waals surface area contributed by atoms with E-state index >= 15 is 0 Å². The Labute approximate surface area is 123 Å². The number of nitrogens with zero attached hydrogens (tertiary/aromatic N) is 1. The molecule has 1 atom stereocenters. The number of hydrogen-bond donors (Lipinski definition) is 3. The van der Waals surface area contributed by atoms with Crippen LogP contribution in [0.2, 0.25) is 0 Å². The van der Waals surface area contributed by atoms with Crippen molar-refractivity contribution < 1.29 is 14.6 Å². The molecule has 1 heterocycles. The highest BCUT2D eigenvalue weighted by molar-refractivity contribution is 5.93. The van der Waals surface area contributed by atoms with Crippen LogP contribution in [0.3, 0.4) is 0 Å². The topological polar surface area (TPSA) is 87.2 Å². The first-order valence-electron chi connectivity index (χ1n) is 6.78. The van der Waals surface area contributed by atoms with Crippen molar-refractivity contribution in [2.45, 2.75) is 19.4 Å². The number of carbonyl (C=O) groups excluding carboxylic acids is 1. The zero-order valence-electron chi connectivity index (χ0n) is 12.1. The van der Waals surface area contributed by atoms with Crippen LogP contribution in [-0.4, -0.2) is 41.0 Å². The maximum Gasteiger partial charge on any atom is 0.269 e. The van der Waals surface area contributed by atoms with Crippen LogP contribution in [0.4, 0.5) is 0 Å². The van der Waals surface area contributed by atoms with Gasteiger partial charge in [0.05, 0.1) is 18.3 Å². The molecule has 6 heteroatoms. The minimum absolute atomic E-state index is 0.0251.